The van der Waals surface area contributed by atoms with E-state index in [2.05, 4.69) is 0 Å². The van der Waals surface area contributed by atoms with Gasteiger partial charge in [-0.05, 0) is 75.6 Å². The van der Waals surface area contributed by atoms with Crippen molar-refractivity contribution in [2.24, 2.45) is 0 Å². The number of nitrogens with zero attached hydrogens (tertiary/aromatic N) is 1. The summed E-state index contributed by atoms with van der Waals surface area (Å²) in [5.74, 6) is 0.519. The van der Waals surface area contributed by atoms with Crippen LogP contribution in [0.25, 0.3) is 11.3 Å². The van der Waals surface area contributed by atoms with E-state index in [0.717, 1.165) is 24.0 Å². The van der Waals surface area contributed by atoms with E-state index in [9.17, 15) is 13.2 Å². The Morgan fingerprint density at radius 1 is 1.00 bits per heavy atom. The van der Waals surface area contributed by atoms with Gasteiger partial charge in [0, 0.05) is 30.1 Å². The Morgan fingerprint density at radius 3 is 2.38 bits per heavy atom. The van der Waals surface area contributed by atoms with Gasteiger partial charge in [-0.25, -0.2) is 8.42 Å². The van der Waals surface area contributed by atoms with Crippen LogP contribution in [0.3, 0.4) is 0 Å². The minimum Gasteiger partial charge on any atom is -0.493 e. The smallest absolute Gasteiger partial charge is 0.303 e. The number of carbonyl (C=O) groups is 1. The molecule has 7 nitrogen and oxygen atoms in total. The van der Waals surface area contributed by atoms with Crippen LogP contribution in [0.2, 0.25) is 0 Å². The molecule has 1 heterocycles. The van der Waals surface area contributed by atoms with Crippen LogP contribution < -0.4 is 4.74 Å². The summed E-state index contributed by atoms with van der Waals surface area (Å²) in [6.45, 7) is 4.32. The molecule has 0 saturated carbocycles. The van der Waals surface area contributed by atoms with Gasteiger partial charge in [0.25, 0.3) is 0 Å². The Bertz CT molecular complexity index is 1150. The molecule has 0 amide bonds. The minimum absolute atomic E-state index is 0.153. The predicted octanol–water partition coefficient (Wildman–Crippen LogP) is 5.57. The summed E-state index contributed by atoms with van der Waals surface area (Å²) >= 11 is 0. The van der Waals surface area contributed by atoms with Crippen LogP contribution in [0.5, 0.6) is 5.75 Å². The molecule has 1 N–H and O–H groups in total. The lowest BCUT2D eigenvalue weighted by Crippen LogP contribution is -2.36. The molecule has 1 aromatic heterocycles. The Morgan fingerprint density at radius 2 is 1.74 bits per heavy atom. The summed E-state index contributed by atoms with van der Waals surface area (Å²) in [5.41, 5.74) is 1.58. The molecule has 0 unspecified atom stereocenters. The van der Waals surface area contributed by atoms with Crippen LogP contribution in [0, 0.1) is 0 Å². The van der Waals surface area contributed by atoms with Gasteiger partial charge in [0.15, 0.2) is 0 Å². The average Bonchev–Trinajstić information content (AvgIpc) is 3.35. The van der Waals surface area contributed by atoms with Crippen LogP contribution >= 0.6 is 0 Å². The topological polar surface area (TPSA) is 97.0 Å². The highest BCUT2D eigenvalue weighted by molar-refractivity contribution is 7.89. The SMILES string of the molecule is CC(C)N(Cc1ccccc1OCCCCCC(=O)O)S(=O)(=O)c1ccc(-c2ccco2)cc1. The number of hydrogen-bond donors (Lipinski definition) is 1. The fourth-order valence-electron chi connectivity index (χ4n) is 3.59. The van der Waals surface area contributed by atoms with Crippen LogP contribution in [0.4, 0.5) is 0 Å². The van der Waals surface area contributed by atoms with Gasteiger partial charge < -0.3 is 14.3 Å². The second-order valence-electron chi connectivity index (χ2n) is 8.31. The number of sulfonamides is 1. The van der Waals surface area contributed by atoms with Gasteiger partial charge in [-0.2, -0.15) is 4.31 Å². The molecule has 0 atom stereocenters. The molecule has 0 aliphatic rings. The van der Waals surface area contributed by atoms with Crippen LogP contribution in [-0.2, 0) is 21.4 Å². The molecule has 0 saturated heterocycles. The molecule has 0 fully saturated rings. The lowest BCUT2D eigenvalue weighted by molar-refractivity contribution is -0.137. The highest BCUT2D eigenvalue weighted by atomic mass is 32.2. The van der Waals surface area contributed by atoms with E-state index < -0.39 is 16.0 Å². The van der Waals surface area contributed by atoms with Gasteiger partial charge in [-0.15, -0.1) is 0 Å². The quantitative estimate of drug-likeness (QED) is 0.318. The fourth-order valence-corrected chi connectivity index (χ4v) is 5.21. The van der Waals surface area contributed by atoms with Gasteiger partial charge in [-0.1, -0.05) is 18.2 Å². The Kier molecular flexibility index (Phi) is 8.90. The van der Waals surface area contributed by atoms with Crippen molar-refractivity contribution < 1.29 is 27.5 Å². The maximum absolute atomic E-state index is 13.5. The summed E-state index contributed by atoms with van der Waals surface area (Å²) in [5, 5.41) is 8.73. The normalized spacial score (nSPS) is 11.8. The molecule has 0 spiro atoms. The monoisotopic (exact) mass is 485 g/mol. The third-order valence-corrected chi connectivity index (χ3v) is 7.47. The molecule has 0 aliphatic carbocycles. The van der Waals surface area contributed by atoms with Crippen molar-refractivity contribution >= 4 is 16.0 Å². The molecule has 3 aromatic rings. The Labute approximate surface area is 201 Å². The first-order valence-electron chi connectivity index (χ1n) is 11.4. The molecule has 182 valence electrons. The number of benzene rings is 2. The van der Waals surface area contributed by atoms with Crippen LogP contribution in [0.15, 0.2) is 76.2 Å². The first kappa shape index (κ1) is 25.5. The summed E-state index contributed by atoms with van der Waals surface area (Å²) in [7, 11) is -3.75. The third-order valence-electron chi connectivity index (χ3n) is 5.43. The van der Waals surface area contributed by atoms with Crippen molar-refractivity contribution in [2.75, 3.05) is 6.61 Å². The largest absolute Gasteiger partial charge is 0.493 e. The molecule has 0 bridgehead atoms. The number of aliphatic carboxylic acids is 1. The second-order valence-corrected chi connectivity index (χ2v) is 10.2. The number of furan rings is 1. The van der Waals surface area contributed by atoms with E-state index in [1.54, 1.807) is 36.6 Å². The maximum atomic E-state index is 13.5. The number of unbranched alkanes of at least 4 members (excludes halogenated alkanes) is 2. The Hall–Kier alpha value is -3.10. The van der Waals surface area contributed by atoms with Crippen molar-refractivity contribution in [1.29, 1.82) is 0 Å². The zero-order valence-electron chi connectivity index (χ0n) is 19.5. The molecular weight excluding hydrogens is 454 g/mol. The molecule has 0 radical (unpaired) electrons. The fraction of sp³-hybridized carbons (Fsp3) is 0.346. The number of hydrogen-bond acceptors (Lipinski definition) is 5. The van der Waals surface area contributed by atoms with E-state index in [0.29, 0.717) is 24.5 Å². The highest BCUT2D eigenvalue weighted by Crippen LogP contribution is 2.28. The first-order valence-corrected chi connectivity index (χ1v) is 12.8. The van der Waals surface area contributed by atoms with Crippen molar-refractivity contribution in [3.05, 3.63) is 72.5 Å². The molecule has 2 aromatic carbocycles. The van der Waals surface area contributed by atoms with Gasteiger partial charge >= 0.3 is 5.97 Å². The number of carboxylic acids is 1. The van der Waals surface area contributed by atoms with Crippen molar-refractivity contribution in [3.63, 3.8) is 0 Å². The number of carboxylic acid groups (broad SMARTS) is 1. The highest BCUT2D eigenvalue weighted by Gasteiger charge is 2.28. The van der Waals surface area contributed by atoms with E-state index in [1.165, 1.54) is 4.31 Å². The molecule has 0 aliphatic heterocycles. The lowest BCUT2D eigenvalue weighted by atomic mass is 10.2. The van der Waals surface area contributed by atoms with Crippen molar-refractivity contribution in [3.8, 4) is 17.1 Å². The summed E-state index contributed by atoms with van der Waals surface area (Å²) in [6, 6.07) is 17.4. The van der Waals surface area contributed by atoms with E-state index in [-0.39, 0.29) is 23.9 Å². The molecule has 3 rings (SSSR count). The predicted molar refractivity (Wildman–Crippen MR) is 130 cm³/mol. The first-order chi connectivity index (χ1) is 16.3. The summed E-state index contributed by atoms with van der Waals surface area (Å²) in [6.07, 6.45) is 3.83. The molecule has 34 heavy (non-hydrogen) atoms. The van der Waals surface area contributed by atoms with Crippen LogP contribution in [-0.4, -0.2) is 36.4 Å². The van der Waals surface area contributed by atoms with Gasteiger partial charge in [-0.3, -0.25) is 4.79 Å². The van der Waals surface area contributed by atoms with Crippen LogP contribution in [0.1, 0.15) is 45.1 Å². The minimum atomic E-state index is -3.75. The number of ether oxygens (including phenoxy) is 1. The number of para-hydroxylation sites is 1. The maximum Gasteiger partial charge on any atom is 0.303 e. The standard InChI is InChI=1S/C26H31NO6S/c1-20(2)27(34(30,31)23-15-13-21(14-16-23)24-11-8-18-33-24)19-22-9-5-6-10-25(22)32-17-7-3-4-12-26(28)29/h5-6,8-11,13-16,18,20H,3-4,7,12,17,19H2,1-2H3,(H,28,29). The van der Waals surface area contributed by atoms with E-state index in [1.807, 2.05) is 44.2 Å². The van der Waals surface area contributed by atoms with Gasteiger partial charge in [0.2, 0.25) is 10.0 Å². The van der Waals surface area contributed by atoms with Gasteiger partial charge in [0.1, 0.15) is 11.5 Å². The summed E-state index contributed by atoms with van der Waals surface area (Å²) in [4.78, 5) is 10.8. The Balaban J connectivity index is 1.71. The van der Waals surface area contributed by atoms with Gasteiger partial charge in [0.05, 0.1) is 17.8 Å². The van der Waals surface area contributed by atoms with E-state index in [4.69, 9.17) is 14.3 Å². The zero-order valence-corrected chi connectivity index (χ0v) is 20.3. The lowest BCUT2D eigenvalue weighted by Gasteiger charge is -2.27. The number of rotatable bonds is 13. The average molecular weight is 486 g/mol. The van der Waals surface area contributed by atoms with Crippen molar-refractivity contribution in [2.45, 2.75) is 57.0 Å². The molecule has 8 heteroatoms. The summed E-state index contributed by atoms with van der Waals surface area (Å²) < 4.78 is 39.7. The zero-order chi connectivity index (χ0) is 24.6. The third kappa shape index (κ3) is 6.71. The molecular formula is C26H31NO6S. The van der Waals surface area contributed by atoms with E-state index >= 15 is 0 Å². The van der Waals surface area contributed by atoms with Crippen molar-refractivity contribution in [1.82, 2.24) is 4.31 Å². The second kappa shape index (κ2) is 11.9.